The molecule has 3 amide bonds. The van der Waals surface area contributed by atoms with Crippen molar-refractivity contribution in [1.29, 1.82) is 0 Å². The van der Waals surface area contributed by atoms with E-state index in [1.165, 1.54) is 4.90 Å². The van der Waals surface area contributed by atoms with Gasteiger partial charge in [0.15, 0.2) is 11.5 Å². The number of imide groups is 1. The Hall–Kier alpha value is -2.29. The highest BCUT2D eigenvalue weighted by Crippen LogP contribution is 2.39. The van der Waals surface area contributed by atoms with E-state index in [-0.39, 0.29) is 19.1 Å². The molecule has 1 saturated heterocycles. The number of hydrogen-bond acceptors (Lipinski definition) is 6. The lowest BCUT2D eigenvalue weighted by atomic mass is 9.81. The van der Waals surface area contributed by atoms with Gasteiger partial charge in [-0.2, -0.15) is 0 Å². The summed E-state index contributed by atoms with van der Waals surface area (Å²) in [7, 11) is 1.64. The zero-order valence-corrected chi connectivity index (χ0v) is 17.8. The molecule has 9 heteroatoms. The third-order valence-electron chi connectivity index (χ3n) is 5.87. The van der Waals surface area contributed by atoms with Gasteiger partial charge in [-0.05, 0) is 25.0 Å². The molecule has 29 heavy (non-hydrogen) atoms. The van der Waals surface area contributed by atoms with Crippen molar-refractivity contribution in [3.63, 3.8) is 0 Å². The molecule has 2 aliphatic heterocycles. The van der Waals surface area contributed by atoms with Gasteiger partial charge in [0.2, 0.25) is 0 Å². The van der Waals surface area contributed by atoms with Crippen molar-refractivity contribution in [3.05, 3.63) is 22.2 Å². The molecule has 1 aromatic carbocycles. The van der Waals surface area contributed by atoms with Gasteiger partial charge < -0.3 is 19.1 Å². The molecule has 0 N–H and O–H groups in total. The summed E-state index contributed by atoms with van der Waals surface area (Å²) in [5.74, 6) is 0.306. The van der Waals surface area contributed by atoms with Crippen LogP contribution in [0.2, 0.25) is 0 Å². The molecular formula is C20H23BrN2O6. The predicted octanol–water partition coefficient (Wildman–Crippen LogP) is 2.86. The van der Waals surface area contributed by atoms with Gasteiger partial charge in [-0.1, -0.05) is 35.2 Å². The lowest BCUT2D eigenvalue weighted by Crippen LogP contribution is -2.49. The Kier molecular flexibility index (Phi) is 5.42. The molecule has 1 aliphatic carbocycles. The van der Waals surface area contributed by atoms with Crippen LogP contribution >= 0.6 is 15.9 Å². The molecule has 2 heterocycles. The number of carbonyl (C=O) groups excluding carboxylic acids is 3. The molecule has 8 nitrogen and oxygen atoms in total. The Morgan fingerprint density at radius 3 is 2.48 bits per heavy atom. The molecule has 4 rings (SSSR count). The number of ether oxygens (including phenoxy) is 3. The summed E-state index contributed by atoms with van der Waals surface area (Å²) in [5.41, 5.74) is -0.0865. The molecule has 156 valence electrons. The average Bonchev–Trinajstić information content (AvgIpc) is 2.89. The zero-order valence-electron chi connectivity index (χ0n) is 16.2. The maximum absolute atomic E-state index is 12.9. The Morgan fingerprint density at radius 2 is 1.79 bits per heavy atom. The summed E-state index contributed by atoms with van der Waals surface area (Å²) in [6.45, 7) is 0.559. The number of benzene rings is 1. The van der Waals surface area contributed by atoms with Gasteiger partial charge in [-0.3, -0.25) is 14.5 Å². The Balaban J connectivity index is 1.40. The van der Waals surface area contributed by atoms with Gasteiger partial charge in [0, 0.05) is 17.1 Å². The number of esters is 1. The lowest BCUT2D eigenvalue weighted by molar-refractivity contribution is -0.149. The maximum atomic E-state index is 12.9. The fourth-order valence-corrected chi connectivity index (χ4v) is 4.66. The molecule has 1 spiro atoms. The van der Waals surface area contributed by atoms with Crippen LogP contribution in [0.3, 0.4) is 0 Å². The van der Waals surface area contributed by atoms with E-state index in [9.17, 15) is 14.4 Å². The molecule has 2 fully saturated rings. The smallest absolute Gasteiger partial charge is 0.327 e. The number of hydrogen-bond donors (Lipinski definition) is 0. The van der Waals surface area contributed by atoms with Crippen molar-refractivity contribution in [3.8, 4) is 11.5 Å². The van der Waals surface area contributed by atoms with Crippen molar-refractivity contribution in [2.75, 3.05) is 26.8 Å². The first-order chi connectivity index (χ1) is 13.9. The first-order valence-electron chi connectivity index (χ1n) is 9.76. The third-order valence-corrected chi connectivity index (χ3v) is 6.61. The highest BCUT2D eigenvalue weighted by molar-refractivity contribution is 9.10. The van der Waals surface area contributed by atoms with E-state index in [1.54, 1.807) is 19.2 Å². The normalized spacial score (nSPS) is 20.3. The Labute approximate surface area is 177 Å². The second kappa shape index (κ2) is 7.85. The topological polar surface area (TPSA) is 85.4 Å². The molecule has 0 aromatic heterocycles. The molecule has 1 aromatic rings. The summed E-state index contributed by atoms with van der Waals surface area (Å²) >= 11 is 3.44. The third kappa shape index (κ3) is 3.56. The highest BCUT2D eigenvalue weighted by Gasteiger charge is 2.55. The molecule has 3 aliphatic rings. The van der Waals surface area contributed by atoms with Crippen LogP contribution in [0.25, 0.3) is 0 Å². The van der Waals surface area contributed by atoms with Crippen molar-refractivity contribution < 1.29 is 28.6 Å². The fourth-order valence-electron chi connectivity index (χ4n) is 4.22. The quantitative estimate of drug-likeness (QED) is 0.500. The van der Waals surface area contributed by atoms with Crippen molar-refractivity contribution in [2.24, 2.45) is 0 Å². The SMILES string of the molecule is CN1C(=O)N(CC(=O)OCc2cc3c(cc2Br)OCCO3)C(=O)C12CCCCC2. The van der Waals surface area contributed by atoms with Crippen LogP contribution < -0.4 is 9.47 Å². The van der Waals surface area contributed by atoms with Crippen LogP contribution in [0.1, 0.15) is 37.7 Å². The molecule has 0 radical (unpaired) electrons. The van der Waals surface area contributed by atoms with Crippen molar-refractivity contribution >= 4 is 33.8 Å². The van der Waals surface area contributed by atoms with Crippen LogP contribution in [-0.2, 0) is 20.9 Å². The largest absolute Gasteiger partial charge is 0.486 e. The lowest BCUT2D eigenvalue weighted by Gasteiger charge is -2.35. The molecule has 0 atom stereocenters. The van der Waals surface area contributed by atoms with Gasteiger partial charge in [0.05, 0.1) is 0 Å². The van der Waals surface area contributed by atoms with E-state index in [0.29, 0.717) is 43.1 Å². The predicted molar refractivity (Wildman–Crippen MR) is 106 cm³/mol. The number of urea groups is 1. The van der Waals surface area contributed by atoms with Crippen LogP contribution in [-0.4, -0.2) is 60.1 Å². The molecule has 1 saturated carbocycles. The minimum atomic E-state index is -0.797. The Bertz CT molecular complexity index is 852. The summed E-state index contributed by atoms with van der Waals surface area (Å²) in [6, 6.07) is 3.09. The first kappa shape index (κ1) is 20.0. The molecule has 0 unspecified atom stereocenters. The standard InChI is InChI=1S/C20H23BrN2O6/c1-22-19(26)23(18(25)20(22)5-3-2-4-6-20)11-17(24)29-12-13-9-15-16(10-14(13)21)28-8-7-27-15/h9-10H,2-8,11-12H2,1H3. The van der Waals surface area contributed by atoms with Crippen LogP contribution in [0.5, 0.6) is 11.5 Å². The second-order valence-electron chi connectivity index (χ2n) is 7.57. The second-order valence-corrected chi connectivity index (χ2v) is 8.43. The molecule has 0 bridgehead atoms. The van der Waals surface area contributed by atoms with Gasteiger partial charge >= 0.3 is 12.0 Å². The number of rotatable bonds is 4. The number of amides is 3. The highest BCUT2D eigenvalue weighted by atomic mass is 79.9. The number of nitrogens with zero attached hydrogens (tertiary/aromatic N) is 2. The van der Waals surface area contributed by atoms with E-state index in [0.717, 1.165) is 28.6 Å². The van der Waals surface area contributed by atoms with E-state index in [2.05, 4.69) is 15.9 Å². The van der Waals surface area contributed by atoms with E-state index in [1.807, 2.05) is 0 Å². The summed E-state index contributed by atoms with van der Waals surface area (Å²) in [6.07, 6.45) is 4.15. The van der Waals surface area contributed by atoms with E-state index < -0.39 is 17.5 Å². The van der Waals surface area contributed by atoms with Gasteiger partial charge in [-0.15, -0.1) is 0 Å². The van der Waals surface area contributed by atoms with Gasteiger partial charge in [0.25, 0.3) is 5.91 Å². The van der Waals surface area contributed by atoms with Gasteiger partial charge in [-0.25, -0.2) is 4.79 Å². The molecular weight excluding hydrogens is 444 g/mol. The zero-order chi connectivity index (χ0) is 20.6. The number of likely N-dealkylation sites (N-methyl/N-ethyl adjacent to an activating group) is 1. The first-order valence-corrected chi connectivity index (χ1v) is 10.5. The van der Waals surface area contributed by atoms with E-state index >= 15 is 0 Å². The summed E-state index contributed by atoms with van der Waals surface area (Å²) in [4.78, 5) is 40.4. The van der Waals surface area contributed by atoms with Gasteiger partial charge in [0.1, 0.15) is 31.9 Å². The monoisotopic (exact) mass is 466 g/mol. The number of fused-ring (bicyclic) bond motifs is 1. The summed E-state index contributed by atoms with van der Waals surface area (Å²) in [5, 5.41) is 0. The number of halogens is 1. The minimum Gasteiger partial charge on any atom is -0.486 e. The van der Waals surface area contributed by atoms with E-state index in [4.69, 9.17) is 14.2 Å². The minimum absolute atomic E-state index is 0.00669. The van der Waals surface area contributed by atoms with Crippen LogP contribution in [0.15, 0.2) is 16.6 Å². The maximum Gasteiger partial charge on any atom is 0.327 e. The van der Waals surface area contributed by atoms with Crippen LogP contribution in [0.4, 0.5) is 4.79 Å². The van der Waals surface area contributed by atoms with Crippen molar-refractivity contribution in [2.45, 2.75) is 44.2 Å². The van der Waals surface area contributed by atoms with Crippen molar-refractivity contribution in [1.82, 2.24) is 9.80 Å². The fraction of sp³-hybridized carbons (Fsp3) is 0.550. The average molecular weight is 467 g/mol. The number of carbonyl (C=O) groups is 3. The van der Waals surface area contributed by atoms with Crippen LogP contribution in [0, 0.1) is 0 Å². The Morgan fingerprint density at radius 1 is 1.14 bits per heavy atom. The summed E-state index contributed by atoms with van der Waals surface area (Å²) < 4.78 is 17.1.